The van der Waals surface area contributed by atoms with Crippen molar-refractivity contribution < 1.29 is 4.79 Å². The van der Waals surface area contributed by atoms with Gasteiger partial charge in [-0.05, 0) is 61.6 Å². The Kier molecular flexibility index (Phi) is 6.89. The van der Waals surface area contributed by atoms with Crippen LogP contribution in [0.15, 0.2) is 68.3 Å². The van der Waals surface area contributed by atoms with Crippen molar-refractivity contribution in [3.8, 4) is 5.69 Å². The maximum absolute atomic E-state index is 13.7. The molecule has 4 aromatic rings. The molecule has 10 heteroatoms. The van der Waals surface area contributed by atoms with Crippen molar-refractivity contribution in [2.75, 3.05) is 5.75 Å². The molecule has 1 aliphatic rings. The van der Waals surface area contributed by atoms with Crippen LogP contribution in [-0.4, -0.2) is 32.4 Å². The average Bonchev–Trinajstić information content (AvgIpc) is 3.23. The highest BCUT2D eigenvalue weighted by Crippen LogP contribution is 2.35. The number of benzene rings is 1. The van der Waals surface area contributed by atoms with Crippen molar-refractivity contribution in [2.45, 2.75) is 30.8 Å². The lowest BCUT2D eigenvalue weighted by atomic mass is 9.97. The maximum atomic E-state index is 13.7. The number of fused-ring (bicyclic) bond motifs is 3. The van der Waals surface area contributed by atoms with E-state index in [1.54, 1.807) is 34.4 Å². The minimum absolute atomic E-state index is 0.0734. The van der Waals surface area contributed by atoms with Gasteiger partial charge in [-0.15, -0.1) is 11.3 Å². The zero-order chi connectivity index (χ0) is 23.5. The summed E-state index contributed by atoms with van der Waals surface area (Å²) in [5.41, 5.74) is 5.09. The smallest absolute Gasteiger partial charge is 0.267 e. The number of hydrogen-bond donors (Lipinski definition) is 1. The van der Waals surface area contributed by atoms with E-state index in [-0.39, 0.29) is 17.2 Å². The second kappa shape index (κ2) is 10.2. The van der Waals surface area contributed by atoms with E-state index in [0.29, 0.717) is 5.16 Å². The molecule has 172 valence electrons. The summed E-state index contributed by atoms with van der Waals surface area (Å²) in [6.07, 6.45) is 9.00. The van der Waals surface area contributed by atoms with Gasteiger partial charge in [-0.1, -0.05) is 33.8 Å². The molecule has 0 bridgehead atoms. The van der Waals surface area contributed by atoms with Crippen LogP contribution < -0.4 is 11.0 Å². The first-order valence-electron chi connectivity index (χ1n) is 10.8. The number of amides is 1. The van der Waals surface area contributed by atoms with Crippen LogP contribution in [-0.2, 0) is 17.6 Å². The molecule has 0 radical (unpaired) electrons. The molecule has 0 spiro atoms. The molecule has 0 atom stereocenters. The molecule has 0 saturated heterocycles. The molecular weight excluding hydrogens is 534 g/mol. The highest BCUT2D eigenvalue weighted by atomic mass is 79.9. The van der Waals surface area contributed by atoms with Gasteiger partial charge in [0.1, 0.15) is 4.83 Å². The minimum atomic E-state index is -0.285. The van der Waals surface area contributed by atoms with Crippen molar-refractivity contribution in [3.05, 3.63) is 79.6 Å². The summed E-state index contributed by atoms with van der Waals surface area (Å²) < 4.78 is 2.54. The normalized spacial score (nSPS) is 13.3. The predicted octanol–water partition coefficient (Wildman–Crippen LogP) is 4.73. The molecule has 0 unspecified atom stereocenters. The number of hydrogen-bond acceptors (Lipinski definition) is 7. The van der Waals surface area contributed by atoms with Crippen LogP contribution in [0.25, 0.3) is 15.9 Å². The van der Waals surface area contributed by atoms with Crippen LogP contribution in [0.2, 0.25) is 0 Å². The molecule has 7 nitrogen and oxygen atoms in total. The summed E-state index contributed by atoms with van der Waals surface area (Å²) in [6.45, 7) is 0. The van der Waals surface area contributed by atoms with E-state index in [4.69, 9.17) is 4.98 Å². The summed E-state index contributed by atoms with van der Waals surface area (Å²) in [7, 11) is 0. The van der Waals surface area contributed by atoms with E-state index in [1.807, 2.05) is 30.3 Å². The number of pyridine rings is 1. The molecule has 1 aromatic carbocycles. The Bertz CT molecular complexity index is 1430. The largest absolute Gasteiger partial charge is 0.272 e. The van der Waals surface area contributed by atoms with Gasteiger partial charge in [-0.2, -0.15) is 5.10 Å². The first-order valence-corrected chi connectivity index (χ1v) is 13.4. The topological polar surface area (TPSA) is 89.2 Å². The second-order valence-electron chi connectivity index (χ2n) is 7.77. The molecule has 0 fully saturated rings. The number of carbonyl (C=O) groups excluding carboxylic acids is 1. The van der Waals surface area contributed by atoms with Gasteiger partial charge >= 0.3 is 0 Å². The van der Waals surface area contributed by atoms with E-state index in [0.717, 1.165) is 57.2 Å². The minimum Gasteiger partial charge on any atom is -0.272 e. The van der Waals surface area contributed by atoms with Gasteiger partial charge in [0.25, 0.3) is 11.5 Å². The lowest BCUT2D eigenvalue weighted by molar-refractivity contribution is -0.118. The number of rotatable bonds is 6. The molecule has 0 aliphatic heterocycles. The predicted molar refractivity (Wildman–Crippen MR) is 140 cm³/mol. The Labute approximate surface area is 212 Å². The summed E-state index contributed by atoms with van der Waals surface area (Å²) in [5.74, 6) is -0.212. The fourth-order valence-electron chi connectivity index (χ4n) is 3.89. The molecule has 3 aromatic heterocycles. The summed E-state index contributed by atoms with van der Waals surface area (Å²) in [5, 5.41) is 5.20. The van der Waals surface area contributed by atoms with Gasteiger partial charge < -0.3 is 0 Å². The summed E-state index contributed by atoms with van der Waals surface area (Å²) in [4.78, 5) is 37.0. The molecule has 1 amide bonds. The zero-order valence-corrected chi connectivity index (χ0v) is 21.3. The van der Waals surface area contributed by atoms with Gasteiger partial charge in [0.15, 0.2) is 5.16 Å². The van der Waals surface area contributed by atoms with Gasteiger partial charge in [-0.25, -0.2) is 10.4 Å². The molecule has 3 heterocycles. The van der Waals surface area contributed by atoms with Crippen LogP contribution in [0.4, 0.5) is 0 Å². The summed E-state index contributed by atoms with van der Waals surface area (Å²) >= 11 is 6.28. The number of thiophene rings is 1. The first kappa shape index (κ1) is 22.9. The molecule has 34 heavy (non-hydrogen) atoms. The number of nitrogens with zero attached hydrogens (tertiary/aromatic N) is 4. The molecule has 0 saturated carbocycles. The Morgan fingerprint density at radius 3 is 2.85 bits per heavy atom. The van der Waals surface area contributed by atoms with E-state index >= 15 is 0 Å². The number of aryl methyl sites for hydroxylation is 2. The third kappa shape index (κ3) is 4.84. The highest BCUT2D eigenvalue weighted by Gasteiger charge is 2.23. The lowest BCUT2D eigenvalue weighted by Crippen LogP contribution is -2.24. The van der Waals surface area contributed by atoms with Crippen LogP contribution in [0, 0.1) is 0 Å². The van der Waals surface area contributed by atoms with Gasteiger partial charge in [0.2, 0.25) is 0 Å². The zero-order valence-electron chi connectivity index (χ0n) is 18.0. The van der Waals surface area contributed by atoms with E-state index < -0.39 is 0 Å². The SMILES string of the molecule is O=C(CSc1nc2sc3c(c2c(=O)n1-c1ccc(Br)cc1)CCCC3)NN=Cc1cccnc1. The van der Waals surface area contributed by atoms with Crippen molar-refractivity contribution >= 4 is 61.4 Å². The molecule has 1 N–H and O–H groups in total. The number of hydrazone groups is 1. The van der Waals surface area contributed by atoms with Gasteiger partial charge in [-0.3, -0.25) is 19.1 Å². The number of nitrogens with one attached hydrogen (secondary N) is 1. The van der Waals surface area contributed by atoms with Crippen molar-refractivity contribution in [1.29, 1.82) is 0 Å². The maximum Gasteiger partial charge on any atom is 0.267 e. The Morgan fingerprint density at radius 1 is 1.24 bits per heavy atom. The van der Waals surface area contributed by atoms with E-state index in [9.17, 15) is 9.59 Å². The second-order valence-corrected chi connectivity index (χ2v) is 10.7. The number of aromatic nitrogens is 3. The standard InChI is InChI=1S/C24H20BrN5O2S2/c25-16-7-9-17(10-8-16)30-23(32)21-18-5-1-2-6-19(18)34-22(21)28-24(30)33-14-20(31)29-27-13-15-4-3-11-26-12-15/h3-4,7-13H,1-2,5-6,14H2,(H,29,31). The van der Waals surface area contributed by atoms with E-state index in [1.165, 1.54) is 22.9 Å². The summed E-state index contributed by atoms with van der Waals surface area (Å²) in [6, 6.07) is 11.2. The Hall–Kier alpha value is -2.82. The van der Waals surface area contributed by atoms with Gasteiger partial charge in [0.05, 0.1) is 23.0 Å². The van der Waals surface area contributed by atoms with Crippen LogP contribution >= 0.6 is 39.0 Å². The van der Waals surface area contributed by atoms with Crippen LogP contribution in [0.3, 0.4) is 0 Å². The number of halogens is 1. The highest BCUT2D eigenvalue weighted by molar-refractivity contribution is 9.10. The number of thioether (sulfide) groups is 1. The quantitative estimate of drug-likeness (QED) is 0.161. The average molecular weight is 554 g/mol. The Morgan fingerprint density at radius 2 is 2.06 bits per heavy atom. The van der Waals surface area contributed by atoms with E-state index in [2.05, 4.69) is 31.4 Å². The lowest BCUT2D eigenvalue weighted by Gasteiger charge is -2.13. The third-order valence-corrected chi connectivity index (χ3v) is 8.12. The fourth-order valence-corrected chi connectivity index (χ4v) is 6.27. The Balaban J connectivity index is 1.45. The van der Waals surface area contributed by atoms with Crippen LogP contribution in [0.1, 0.15) is 28.8 Å². The molecule has 5 rings (SSSR count). The first-order chi connectivity index (χ1) is 16.6. The molecular formula is C24H20BrN5O2S2. The van der Waals surface area contributed by atoms with Crippen LogP contribution in [0.5, 0.6) is 0 Å². The third-order valence-electron chi connectivity index (χ3n) is 5.46. The fraction of sp³-hybridized carbons (Fsp3) is 0.208. The molecule has 1 aliphatic carbocycles. The van der Waals surface area contributed by atoms with Crippen molar-refractivity contribution in [3.63, 3.8) is 0 Å². The van der Waals surface area contributed by atoms with Crippen molar-refractivity contribution in [1.82, 2.24) is 20.0 Å². The van der Waals surface area contributed by atoms with Crippen molar-refractivity contribution in [2.24, 2.45) is 5.10 Å². The monoisotopic (exact) mass is 553 g/mol. The number of carbonyl (C=O) groups is 1. The van der Waals surface area contributed by atoms with Gasteiger partial charge in [0, 0.05) is 27.3 Å².